The van der Waals surface area contributed by atoms with Gasteiger partial charge in [-0.05, 0) is 19.1 Å². The molecule has 0 aromatic heterocycles. The van der Waals surface area contributed by atoms with E-state index in [1.165, 1.54) is 7.11 Å². The van der Waals surface area contributed by atoms with Gasteiger partial charge in [0.15, 0.2) is 6.29 Å². The molecule has 1 N–H and O–H groups in total. The summed E-state index contributed by atoms with van der Waals surface area (Å²) in [5.74, 6) is -0.430. The second-order valence-electron chi connectivity index (χ2n) is 4.82. The molecule has 0 aliphatic carbocycles. The van der Waals surface area contributed by atoms with Crippen LogP contribution in [-0.2, 0) is 14.2 Å². The van der Waals surface area contributed by atoms with Crippen molar-refractivity contribution < 1.29 is 24.1 Å². The SMILES string of the molecule is CO[C@H]1C[C@](C)(O)[C@@H](COC(=O)c2ccccc2)O1. The van der Waals surface area contributed by atoms with Gasteiger partial charge < -0.3 is 19.3 Å². The number of carbonyl (C=O) groups excluding carboxylic acids is 1. The maximum Gasteiger partial charge on any atom is 0.338 e. The van der Waals surface area contributed by atoms with Gasteiger partial charge in [-0.1, -0.05) is 18.2 Å². The molecule has 0 spiro atoms. The summed E-state index contributed by atoms with van der Waals surface area (Å²) in [4.78, 5) is 11.8. The fraction of sp³-hybridized carbons (Fsp3) is 0.500. The largest absolute Gasteiger partial charge is 0.459 e. The predicted molar refractivity (Wildman–Crippen MR) is 67.6 cm³/mol. The molecule has 1 aromatic rings. The second-order valence-corrected chi connectivity index (χ2v) is 4.82. The summed E-state index contributed by atoms with van der Waals surface area (Å²) in [7, 11) is 1.51. The van der Waals surface area contributed by atoms with Gasteiger partial charge in [0.1, 0.15) is 12.7 Å². The molecule has 1 aliphatic rings. The maximum absolute atomic E-state index is 11.8. The molecule has 1 aliphatic heterocycles. The highest BCUT2D eigenvalue weighted by Crippen LogP contribution is 2.30. The molecule has 5 nitrogen and oxygen atoms in total. The fourth-order valence-corrected chi connectivity index (χ4v) is 2.01. The molecular formula is C14H18O5. The van der Waals surface area contributed by atoms with Crippen LogP contribution in [0.15, 0.2) is 30.3 Å². The summed E-state index contributed by atoms with van der Waals surface area (Å²) in [5, 5.41) is 10.1. The van der Waals surface area contributed by atoms with E-state index in [1.807, 2.05) is 6.07 Å². The molecule has 0 unspecified atom stereocenters. The number of ether oxygens (including phenoxy) is 3. The molecule has 1 aromatic carbocycles. The molecule has 0 saturated carbocycles. The van der Waals surface area contributed by atoms with E-state index in [1.54, 1.807) is 31.2 Å². The quantitative estimate of drug-likeness (QED) is 0.833. The normalized spacial score (nSPS) is 30.3. The molecule has 1 saturated heterocycles. The zero-order valence-corrected chi connectivity index (χ0v) is 11.0. The van der Waals surface area contributed by atoms with E-state index in [0.29, 0.717) is 12.0 Å². The topological polar surface area (TPSA) is 65.0 Å². The Kier molecular flexibility index (Phi) is 4.19. The van der Waals surface area contributed by atoms with Crippen LogP contribution >= 0.6 is 0 Å². The van der Waals surface area contributed by atoms with Crippen molar-refractivity contribution in [2.75, 3.05) is 13.7 Å². The van der Waals surface area contributed by atoms with Crippen LogP contribution in [0.25, 0.3) is 0 Å². The van der Waals surface area contributed by atoms with Gasteiger partial charge in [0, 0.05) is 13.5 Å². The van der Waals surface area contributed by atoms with Gasteiger partial charge in [0.05, 0.1) is 11.2 Å². The molecule has 0 bridgehead atoms. The van der Waals surface area contributed by atoms with Crippen molar-refractivity contribution in [1.29, 1.82) is 0 Å². The standard InChI is InChI=1S/C14H18O5/c1-14(16)8-12(17-2)19-11(14)9-18-13(15)10-6-4-3-5-7-10/h3-7,11-12,16H,8-9H2,1-2H3/t11-,12-,14+/m1/s1. The molecule has 1 heterocycles. The van der Waals surface area contributed by atoms with E-state index in [9.17, 15) is 9.90 Å². The van der Waals surface area contributed by atoms with Crippen LogP contribution in [0.1, 0.15) is 23.7 Å². The second kappa shape index (κ2) is 5.69. The summed E-state index contributed by atoms with van der Waals surface area (Å²) in [5.41, 5.74) is -0.582. The molecule has 19 heavy (non-hydrogen) atoms. The van der Waals surface area contributed by atoms with E-state index in [4.69, 9.17) is 14.2 Å². The highest BCUT2D eigenvalue weighted by atomic mass is 16.7. The Morgan fingerprint density at radius 3 is 2.74 bits per heavy atom. The molecule has 0 amide bonds. The summed E-state index contributed by atoms with van der Waals surface area (Å²) in [6.07, 6.45) is -0.683. The number of esters is 1. The van der Waals surface area contributed by atoms with Gasteiger partial charge in [0.2, 0.25) is 0 Å². The summed E-state index contributed by atoms with van der Waals surface area (Å²) < 4.78 is 15.7. The van der Waals surface area contributed by atoms with Crippen LogP contribution in [0.2, 0.25) is 0 Å². The average Bonchev–Trinajstić information content (AvgIpc) is 2.71. The highest BCUT2D eigenvalue weighted by Gasteiger charge is 2.44. The smallest absolute Gasteiger partial charge is 0.338 e. The first-order chi connectivity index (χ1) is 9.03. The van der Waals surface area contributed by atoms with E-state index >= 15 is 0 Å². The van der Waals surface area contributed by atoms with Crippen LogP contribution in [0, 0.1) is 0 Å². The third kappa shape index (κ3) is 3.32. The van der Waals surface area contributed by atoms with E-state index in [0.717, 1.165) is 0 Å². The molecule has 2 rings (SSSR count). The summed E-state index contributed by atoms with van der Waals surface area (Å²) in [6, 6.07) is 8.70. The minimum absolute atomic E-state index is 0.000583. The van der Waals surface area contributed by atoms with Crippen molar-refractivity contribution in [1.82, 2.24) is 0 Å². The van der Waals surface area contributed by atoms with Crippen molar-refractivity contribution in [3.05, 3.63) is 35.9 Å². The van der Waals surface area contributed by atoms with Gasteiger partial charge >= 0.3 is 5.97 Å². The van der Waals surface area contributed by atoms with Crippen molar-refractivity contribution in [2.45, 2.75) is 31.3 Å². The number of rotatable bonds is 4. The molecule has 5 heteroatoms. The molecule has 104 valence electrons. The summed E-state index contributed by atoms with van der Waals surface area (Å²) >= 11 is 0. The Hall–Kier alpha value is -1.43. The van der Waals surface area contributed by atoms with Gasteiger partial charge in [-0.25, -0.2) is 4.79 Å². The van der Waals surface area contributed by atoms with Crippen molar-refractivity contribution >= 4 is 5.97 Å². The number of hydrogen-bond acceptors (Lipinski definition) is 5. The minimum atomic E-state index is -1.06. The van der Waals surface area contributed by atoms with Gasteiger partial charge in [-0.3, -0.25) is 0 Å². The van der Waals surface area contributed by atoms with Gasteiger partial charge in [-0.15, -0.1) is 0 Å². The van der Waals surface area contributed by atoms with Crippen molar-refractivity contribution in [3.63, 3.8) is 0 Å². The minimum Gasteiger partial charge on any atom is -0.459 e. The lowest BCUT2D eigenvalue weighted by Crippen LogP contribution is -2.38. The Balaban J connectivity index is 1.91. The lowest BCUT2D eigenvalue weighted by Gasteiger charge is -2.22. The number of aliphatic hydroxyl groups is 1. The fourth-order valence-electron chi connectivity index (χ4n) is 2.01. The maximum atomic E-state index is 11.8. The van der Waals surface area contributed by atoms with Crippen LogP contribution in [0.3, 0.4) is 0 Å². The Morgan fingerprint density at radius 2 is 2.16 bits per heavy atom. The summed E-state index contributed by atoms with van der Waals surface area (Å²) in [6.45, 7) is 1.65. The van der Waals surface area contributed by atoms with E-state index in [-0.39, 0.29) is 6.61 Å². The van der Waals surface area contributed by atoms with Crippen molar-refractivity contribution in [2.24, 2.45) is 0 Å². The lowest BCUT2D eigenvalue weighted by molar-refractivity contribution is -0.134. The van der Waals surface area contributed by atoms with Crippen LogP contribution in [-0.4, -0.2) is 42.8 Å². The van der Waals surface area contributed by atoms with E-state index in [2.05, 4.69) is 0 Å². The zero-order valence-electron chi connectivity index (χ0n) is 11.0. The van der Waals surface area contributed by atoms with Crippen LogP contribution in [0.5, 0.6) is 0 Å². The number of benzene rings is 1. The molecule has 1 fully saturated rings. The molecular weight excluding hydrogens is 248 g/mol. The third-order valence-electron chi connectivity index (χ3n) is 3.23. The lowest BCUT2D eigenvalue weighted by atomic mass is 9.98. The van der Waals surface area contributed by atoms with Crippen LogP contribution in [0.4, 0.5) is 0 Å². The Labute approximate surface area is 112 Å². The van der Waals surface area contributed by atoms with Gasteiger partial charge in [-0.2, -0.15) is 0 Å². The molecule has 3 atom stereocenters. The Bertz CT molecular complexity index is 429. The molecule has 0 radical (unpaired) electrons. The predicted octanol–water partition coefficient (Wildman–Crippen LogP) is 1.36. The average molecular weight is 266 g/mol. The number of carbonyl (C=O) groups is 1. The first kappa shape index (κ1) is 14.0. The number of hydrogen-bond donors (Lipinski definition) is 1. The van der Waals surface area contributed by atoms with Gasteiger partial charge in [0.25, 0.3) is 0 Å². The van der Waals surface area contributed by atoms with Crippen molar-refractivity contribution in [3.8, 4) is 0 Å². The first-order valence-electron chi connectivity index (χ1n) is 6.16. The first-order valence-corrected chi connectivity index (χ1v) is 6.16. The zero-order chi connectivity index (χ0) is 13.9. The van der Waals surface area contributed by atoms with Crippen LogP contribution < -0.4 is 0 Å². The monoisotopic (exact) mass is 266 g/mol. The third-order valence-corrected chi connectivity index (χ3v) is 3.23. The number of methoxy groups -OCH3 is 1. The highest BCUT2D eigenvalue weighted by molar-refractivity contribution is 5.89. The Morgan fingerprint density at radius 1 is 1.47 bits per heavy atom. The van der Waals surface area contributed by atoms with E-state index < -0.39 is 24.0 Å².